The maximum Gasteiger partial charge on any atom is 0.0612 e. The molecule has 18 heavy (non-hydrogen) atoms. The minimum absolute atomic E-state index is 0.713. The van der Waals surface area contributed by atoms with Gasteiger partial charge in [0.15, 0.2) is 0 Å². The first-order valence-corrected chi connectivity index (χ1v) is 7.00. The lowest BCUT2D eigenvalue weighted by Gasteiger charge is -2.22. The molecule has 1 fully saturated rings. The Labute approximate surface area is 110 Å². The number of benzene rings is 1. The van der Waals surface area contributed by atoms with Crippen molar-refractivity contribution in [3.05, 3.63) is 35.4 Å². The summed E-state index contributed by atoms with van der Waals surface area (Å²) in [4.78, 5) is 2.16. The molecule has 0 spiro atoms. The van der Waals surface area contributed by atoms with Crippen LogP contribution in [0, 0.1) is 0 Å². The third-order valence-electron chi connectivity index (χ3n) is 3.87. The van der Waals surface area contributed by atoms with Gasteiger partial charge in [0, 0.05) is 6.54 Å². The molecule has 0 aromatic heterocycles. The quantitative estimate of drug-likeness (QED) is 0.477. The highest BCUT2D eigenvalue weighted by atomic mass is 15.3. The minimum Gasteiger partial charge on any atom is -0.288 e. The van der Waals surface area contributed by atoms with Gasteiger partial charge in [-0.15, -0.1) is 0 Å². The molecule has 1 saturated carbocycles. The number of nitrogens with two attached hydrogens (primary N) is 1. The van der Waals surface area contributed by atoms with Crippen molar-refractivity contribution in [1.82, 2.24) is 10.3 Å². The van der Waals surface area contributed by atoms with Crippen molar-refractivity contribution in [1.29, 1.82) is 0 Å². The van der Waals surface area contributed by atoms with Crippen LogP contribution in [-0.2, 0) is 6.54 Å². The summed E-state index contributed by atoms with van der Waals surface area (Å²) in [6.45, 7) is 1.65. The van der Waals surface area contributed by atoms with E-state index >= 15 is 0 Å². The molecule has 1 aliphatic rings. The molecule has 0 unspecified atom stereocenters. The number of hydrogen-bond acceptors (Lipinski definition) is 3. The van der Waals surface area contributed by atoms with Gasteiger partial charge >= 0.3 is 0 Å². The minimum atomic E-state index is 0.713. The molecule has 0 radical (unpaired) electrons. The summed E-state index contributed by atoms with van der Waals surface area (Å²) >= 11 is 0. The predicted octanol–water partition coefficient (Wildman–Crippen LogP) is 2.59. The van der Waals surface area contributed by atoms with E-state index in [4.69, 9.17) is 5.84 Å². The van der Waals surface area contributed by atoms with Gasteiger partial charge in [0.2, 0.25) is 0 Å². The van der Waals surface area contributed by atoms with Crippen molar-refractivity contribution in [2.24, 2.45) is 5.84 Å². The lowest BCUT2D eigenvalue weighted by Crippen LogP contribution is -2.34. The van der Waals surface area contributed by atoms with Crippen LogP contribution in [-0.4, -0.2) is 18.6 Å². The Morgan fingerprint density at radius 1 is 1.17 bits per heavy atom. The molecule has 1 aromatic carbocycles. The maximum absolute atomic E-state index is 5.31. The van der Waals surface area contributed by atoms with Crippen molar-refractivity contribution < 1.29 is 0 Å². The first-order chi connectivity index (χ1) is 8.79. The Kier molecular flexibility index (Phi) is 5.17. The molecule has 3 N–H and O–H groups in total. The standard InChI is InChI=1S/C15H25N3/c1-18(12-17-16)11-13-7-9-15(10-8-13)14-5-3-2-4-6-14/h7-10,14,17H,2-6,11-12,16H2,1H3. The Hall–Kier alpha value is -0.900. The van der Waals surface area contributed by atoms with Crippen molar-refractivity contribution in [2.75, 3.05) is 13.7 Å². The molecule has 1 aliphatic carbocycles. The Morgan fingerprint density at radius 3 is 2.44 bits per heavy atom. The van der Waals surface area contributed by atoms with E-state index < -0.39 is 0 Å². The topological polar surface area (TPSA) is 41.3 Å². The molecule has 0 heterocycles. The fourth-order valence-electron chi connectivity index (χ4n) is 2.85. The average Bonchev–Trinajstić information content (AvgIpc) is 2.41. The monoisotopic (exact) mass is 247 g/mol. The van der Waals surface area contributed by atoms with E-state index in [1.54, 1.807) is 0 Å². The van der Waals surface area contributed by atoms with Crippen LogP contribution in [0.4, 0.5) is 0 Å². The van der Waals surface area contributed by atoms with Crippen LogP contribution in [0.3, 0.4) is 0 Å². The van der Waals surface area contributed by atoms with Gasteiger partial charge in [-0.3, -0.25) is 10.7 Å². The fourth-order valence-corrected chi connectivity index (χ4v) is 2.85. The molecule has 0 atom stereocenters. The molecule has 0 aliphatic heterocycles. The predicted molar refractivity (Wildman–Crippen MR) is 75.9 cm³/mol. The van der Waals surface area contributed by atoms with Crippen LogP contribution in [0.2, 0.25) is 0 Å². The zero-order valence-corrected chi connectivity index (χ0v) is 11.4. The molecule has 3 heteroatoms. The molecule has 0 saturated heterocycles. The van der Waals surface area contributed by atoms with E-state index in [2.05, 4.69) is 41.6 Å². The number of hydrazine groups is 1. The van der Waals surface area contributed by atoms with E-state index in [0.717, 1.165) is 12.5 Å². The summed E-state index contributed by atoms with van der Waals surface area (Å²) in [6, 6.07) is 9.15. The van der Waals surface area contributed by atoms with Crippen LogP contribution in [0.5, 0.6) is 0 Å². The fraction of sp³-hybridized carbons (Fsp3) is 0.600. The lowest BCUT2D eigenvalue weighted by molar-refractivity contribution is 0.301. The van der Waals surface area contributed by atoms with Gasteiger partial charge < -0.3 is 0 Å². The van der Waals surface area contributed by atoms with Gasteiger partial charge in [-0.25, -0.2) is 5.43 Å². The molecular weight excluding hydrogens is 222 g/mol. The second kappa shape index (κ2) is 6.88. The molecule has 0 amide bonds. The summed E-state index contributed by atoms with van der Waals surface area (Å²) in [7, 11) is 2.06. The molecular formula is C15H25N3. The van der Waals surface area contributed by atoms with E-state index in [0.29, 0.717) is 6.67 Å². The van der Waals surface area contributed by atoms with Gasteiger partial charge in [-0.05, 0) is 36.9 Å². The maximum atomic E-state index is 5.31. The van der Waals surface area contributed by atoms with Crippen molar-refractivity contribution in [3.8, 4) is 0 Å². The lowest BCUT2D eigenvalue weighted by atomic mass is 9.84. The van der Waals surface area contributed by atoms with Crippen molar-refractivity contribution >= 4 is 0 Å². The average molecular weight is 247 g/mol. The normalized spacial score (nSPS) is 17.3. The van der Waals surface area contributed by atoms with Gasteiger partial charge in [0.1, 0.15) is 0 Å². The van der Waals surface area contributed by atoms with E-state index in [9.17, 15) is 0 Å². The summed E-state index contributed by atoms with van der Waals surface area (Å²) in [5.74, 6) is 6.12. The van der Waals surface area contributed by atoms with Gasteiger partial charge in [-0.1, -0.05) is 43.5 Å². The highest BCUT2D eigenvalue weighted by Crippen LogP contribution is 2.32. The zero-order chi connectivity index (χ0) is 12.8. The second-order valence-electron chi connectivity index (χ2n) is 5.45. The number of rotatable bonds is 5. The molecule has 0 bridgehead atoms. The summed E-state index contributed by atoms with van der Waals surface area (Å²) in [6.07, 6.45) is 6.97. The summed E-state index contributed by atoms with van der Waals surface area (Å²) in [5.41, 5.74) is 5.56. The van der Waals surface area contributed by atoms with Crippen LogP contribution in [0.15, 0.2) is 24.3 Å². The molecule has 3 nitrogen and oxygen atoms in total. The van der Waals surface area contributed by atoms with Crippen LogP contribution < -0.4 is 11.3 Å². The molecule has 1 aromatic rings. The van der Waals surface area contributed by atoms with Crippen LogP contribution in [0.1, 0.15) is 49.1 Å². The van der Waals surface area contributed by atoms with Crippen molar-refractivity contribution in [3.63, 3.8) is 0 Å². The van der Waals surface area contributed by atoms with Gasteiger partial charge in [-0.2, -0.15) is 0 Å². The van der Waals surface area contributed by atoms with Gasteiger partial charge in [0.25, 0.3) is 0 Å². The molecule has 100 valence electrons. The third-order valence-corrected chi connectivity index (χ3v) is 3.87. The smallest absolute Gasteiger partial charge is 0.0612 e. The Bertz CT molecular complexity index is 341. The van der Waals surface area contributed by atoms with E-state index in [-0.39, 0.29) is 0 Å². The second-order valence-corrected chi connectivity index (χ2v) is 5.45. The number of nitrogens with zero attached hydrogens (tertiary/aromatic N) is 1. The van der Waals surface area contributed by atoms with Crippen molar-refractivity contribution in [2.45, 2.75) is 44.6 Å². The first kappa shape index (κ1) is 13.5. The van der Waals surface area contributed by atoms with Crippen LogP contribution >= 0.6 is 0 Å². The summed E-state index contributed by atoms with van der Waals surface area (Å²) < 4.78 is 0. The largest absolute Gasteiger partial charge is 0.288 e. The zero-order valence-electron chi connectivity index (χ0n) is 11.4. The number of hydrogen-bond donors (Lipinski definition) is 2. The summed E-state index contributed by atoms with van der Waals surface area (Å²) in [5, 5.41) is 0. The van der Waals surface area contributed by atoms with E-state index in [1.165, 1.54) is 43.2 Å². The SMILES string of the molecule is CN(CNN)Cc1ccc(C2CCCCC2)cc1. The highest BCUT2D eigenvalue weighted by Gasteiger charge is 2.15. The highest BCUT2D eigenvalue weighted by molar-refractivity contribution is 5.25. The number of nitrogens with one attached hydrogen (secondary N) is 1. The Balaban J connectivity index is 1.92. The first-order valence-electron chi connectivity index (χ1n) is 7.00. The van der Waals surface area contributed by atoms with Crippen LogP contribution in [0.25, 0.3) is 0 Å². The third kappa shape index (κ3) is 3.80. The van der Waals surface area contributed by atoms with E-state index in [1.807, 2.05) is 0 Å². The van der Waals surface area contributed by atoms with Gasteiger partial charge in [0.05, 0.1) is 6.67 Å². The Morgan fingerprint density at radius 2 is 1.83 bits per heavy atom. The molecule has 2 rings (SSSR count).